The molecule has 0 aliphatic rings. The molecule has 0 unspecified atom stereocenters. The normalized spacial score (nSPS) is 10.4. The molecule has 33 heavy (non-hydrogen) atoms. The van der Waals surface area contributed by atoms with Crippen molar-refractivity contribution in [1.29, 1.82) is 0 Å². The molecule has 0 aromatic heterocycles. The van der Waals surface area contributed by atoms with Crippen LogP contribution in [0.2, 0.25) is 0 Å². The molecule has 0 aliphatic heterocycles. The first-order chi connectivity index (χ1) is 16.2. The molecule has 0 saturated heterocycles. The van der Waals surface area contributed by atoms with Gasteiger partial charge in [0.05, 0.1) is 13.7 Å². The fourth-order valence-electron chi connectivity index (χ4n) is 3.90. The molecule has 3 nitrogen and oxygen atoms in total. The van der Waals surface area contributed by atoms with Crippen molar-refractivity contribution in [1.82, 2.24) is 0 Å². The van der Waals surface area contributed by atoms with Crippen LogP contribution in [-0.2, 0) is 13.0 Å². The quantitative estimate of drug-likeness (QED) is 0.310. The van der Waals surface area contributed by atoms with Crippen LogP contribution in [0.25, 0.3) is 21.9 Å². The van der Waals surface area contributed by atoms with E-state index >= 15 is 0 Å². The van der Waals surface area contributed by atoms with Gasteiger partial charge in [-0.1, -0.05) is 74.0 Å². The Balaban J connectivity index is 0.000000194. The fraction of sp³-hybridized carbons (Fsp3) is 0.267. The Morgan fingerprint density at radius 2 is 1.52 bits per heavy atom. The molecule has 0 heterocycles. The minimum Gasteiger partial charge on any atom is -0.497 e. The Morgan fingerprint density at radius 3 is 2.27 bits per heavy atom. The zero-order valence-electron chi connectivity index (χ0n) is 20.0. The van der Waals surface area contributed by atoms with Crippen molar-refractivity contribution < 1.29 is 9.47 Å². The smallest absolute Gasteiger partial charge is 0.123 e. The average molecular weight is 442 g/mol. The van der Waals surface area contributed by atoms with Gasteiger partial charge < -0.3 is 15.2 Å². The number of nitrogens with two attached hydrogens (primary N) is 1. The maximum atomic E-state index is 5.78. The molecule has 0 fully saturated rings. The van der Waals surface area contributed by atoms with Crippen LogP contribution in [0.5, 0.6) is 11.5 Å². The van der Waals surface area contributed by atoms with E-state index in [1.807, 2.05) is 37.3 Å². The fourth-order valence-corrected chi connectivity index (χ4v) is 3.90. The Bertz CT molecular complexity index is 1150. The number of aryl methyl sites for hydroxylation is 1. The van der Waals surface area contributed by atoms with Crippen molar-refractivity contribution in [2.24, 2.45) is 5.73 Å². The number of hydrogen-bond acceptors (Lipinski definition) is 3. The summed E-state index contributed by atoms with van der Waals surface area (Å²) in [5, 5.41) is 2.78. The zero-order chi connectivity index (χ0) is 23.5. The van der Waals surface area contributed by atoms with Gasteiger partial charge in [-0.05, 0) is 71.5 Å². The largest absolute Gasteiger partial charge is 0.497 e. The van der Waals surface area contributed by atoms with Gasteiger partial charge in [0.2, 0.25) is 0 Å². The van der Waals surface area contributed by atoms with Gasteiger partial charge in [0.25, 0.3) is 0 Å². The van der Waals surface area contributed by atoms with E-state index in [1.54, 1.807) is 7.11 Å². The van der Waals surface area contributed by atoms with Crippen LogP contribution < -0.4 is 15.2 Å². The van der Waals surface area contributed by atoms with Gasteiger partial charge in [0.15, 0.2) is 0 Å². The van der Waals surface area contributed by atoms with Gasteiger partial charge in [0.1, 0.15) is 11.5 Å². The molecule has 4 rings (SSSR count). The van der Waals surface area contributed by atoms with Gasteiger partial charge >= 0.3 is 0 Å². The number of rotatable bonds is 8. The number of methoxy groups -OCH3 is 1. The molecule has 3 heteroatoms. The topological polar surface area (TPSA) is 44.5 Å². The Labute approximate surface area is 198 Å². The molecule has 4 aromatic carbocycles. The summed E-state index contributed by atoms with van der Waals surface area (Å²) in [7, 11) is 1.67. The lowest BCUT2D eigenvalue weighted by molar-refractivity contribution is 0.336. The first kappa shape index (κ1) is 24.3. The highest BCUT2D eigenvalue weighted by molar-refractivity contribution is 5.85. The molecule has 0 saturated carbocycles. The van der Waals surface area contributed by atoms with Crippen LogP contribution in [0.4, 0.5) is 0 Å². The molecule has 2 N–H and O–H groups in total. The van der Waals surface area contributed by atoms with Crippen LogP contribution in [0.15, 0.2) is 84.9 Å². The highest BCUT2D eigenvalue weighted by Gasteiger charge is 2.06. The molecule has 0 radical (unpaired) electrons. The van der Waals surface area contributed by atoms with E-state index in [0.717, 1.165) is 28.2 Å². The molecule has 4 aromatic rings. The van der Waals surface area contributed by atoms with Crippen molar-refractivity contribution >= 4 is 10.8 Å². The number of hydrogen-bond donors (Lipinski definition) is 1. The van der Waals surface area contributed by atoms with E-state index in [0.29, 0.717) is 13.2 Å². The molecular formula is C30H35NO2. The summed E-state index contributed by atoms with van der Waals surface area (Å²) < 4.78 is 10.8. The van der Waals surface area contributed by atoms with E-state index in [4.69, 9.17) is 15.2 Å². The second-order valence-electron chi connectivity index (χ2n) is 7.93. The lowest BCUT2D eigenvalue weighted by atomic mass is 10.0. The molecular weight excluding hydrogens is 406 g/mol. The van der Waals surface area contributed by atoms with E-state index in [2.05, 4.69) is 61.5 Å². The highest BCUT2D eigenvalue weighted by atomic mass is 16.5. The van der Waals surface area contributed by atoms with E-state index in [1.165, 1.54) is 35.6 Å². The maximum Gasteiger partial charge on any atom is 0.123 e. The summed E-state index contributed by atoms with van der Waals surface area (Å²) in [6.45, 7) is 5.32. The van der Waals surface area contributed by atoms with Crippen molar-refractivity contribution in [2.45, 2.75) is 39.7 Å². The third kappa shape index (κ3) is 6.59. The minimum atomic E-state index is 0.465. The third-order valence-electron chi connectivity index (χ3n) is 5.66. The Morgan fingerprint density at radius 1 is 0.758 bits per heavy atom. The second kappa shape index (κ2) is 12.7. The van der Waals surface area contributed by atoms with Crippen molar-refractivity contribution in [3.63, 3.8) is 0 Å². The van der Waals surface area contributed by atoms with Gasteiger partial charge in [0, 0.05) is 12.1 Å². The molecule has 0 amide bonds. The lowest BCUT2D eigenvalue weighted by Crippen LogP contribution is -2.02. The SMILES string of the molecule is CCCCc1cccc2ccccc12.CCOc1ccc(-c2cccc(OC)c2)cc1CN. The molecule has 0 bridgehead atoms. The monoisotopic (exact) mass is 441 g/mol. The van der Waals surface area contributed by atoms with Gasteiger partial charge in [-0.25, -0.2) is 0 Å². The first-order valence-electron chi connectivity index (χ1n) is 11.8. The molecule has 172 valence electrons. The average Bonchev–Trinajstić information content (AvgIpc) is 2.88. The minimum absolute atomic E-state index is 0.465. The zero-order valence-corrected chi connectivity index (χ0v) is 20.0. The Hall–Kier alpha value is -3.30. The molecule has 0 spiro atoms. The second-order valence-corrected chi connectivity index (χ2v) is 7.93. The summed E-state index contributed by atoms with van der Waals surface area (Å²) in [4.78, 5) is 0. The number of benzene rings is 4. The number of fused-ring (bicyclic) bond motifs is 1. The highest BCUT2D eigenvalue weighted by Crippen LogP contribution is 2.28. The third-order valence-corrected chi connectivity index (χ3v) is 5.66. The van der Waals surface area contributed by atoms with Crippen LogP contribution in [-0.4, -0.2) is 13.7 Å². The summed E-state index contributed by atoms with van der Waals surface area (Å²) in [5.74, 6) is 1.71. The summed E-state index contributed by atoms with van der Waals surface area (Å²) in [6, 6.07) is 29.3. The summed E-state index contributed by atoms with van der Waals surface area (Å²) in [6.07, 6.45) is 3.76. The Kier molecular flexibility index (Phi) is 9.34. The maximum absolute atomic E-state index is 5.78. The van der Waals surface area contributed by atoms with E-state index in [-0.39, 0.29) is 0 Å². The van der Waals surface area contributed by atoms with Gasteiger partial charge in [-0.3, -0.25) is 0 Å². The number of unbranched alkanes of at least 4 members (excludes halogenated alkanes) is 1. The van der Waals surface area contributed by atoms with Crippen LogP contribution in [0.1, 0.15) is 37.8 Å². The summed E-state index contributed by atoms with van der Waals surface area (Å²) >= 11 is 0. The van der Waals surface area contributed by atoms with Crippen molar-refractivity contribution in [3.05, 3.63) is 96.1 Å². The van der Waals surface area contributed by atoms with Crippen LogP contribution >= 0.6 is 0 Å². The van der Waals surface area contributed by atoms with E-state index in [9.17, 15) is 0 Å². The number of ether oxygens (including phenoxy) is 2. The predicted molar refractivity (Wildman–Crippen MR) is 140 cm³/mol. The summed E-state index contributed by atoms with van der Waals surface area (Å²) in [5.41, 5.74) is 10.5. The predicted octanol–water partition coefficient (Wildman–Crippen LogP) is 7.40. The molecule has 0 aliphatic carbocycles. The first-order valence-corrected chi connectivity index (χ1v) is 11.8. The van der Waals surface area contributed by atoms with Crippen LogP contribution in [0.3, 0.4) is 0 Å². The lowest BCUT2D eigenvalue weighted by Gasteiger charge is -2.11. The van der Waals surface area contributed by atoms with Gasteiger partial charge in [-0.2, -0.15) is 0 Å². The van der Waals surface area contributed by atoms with Gasteiger partial charge in [-0.15, -0.1) is 0 Å². The van der Waals surface area contributed by atoms with Crippen LogP contribution in [0, 0.1) is 0 Å². The van der Waals surface area contributed by atoms with Crippen molar-refractivity contribution in [2.75, 3.05) is 13.7 Å². The molecule has 0 atom stereocenters. The van der Waals surface area contributed by atoms with E-state index < -0.39 is 0 Å². The standard InChI is InChI=1S/C16H19NO2.C14H16/c1-3-19-16-8-7-13(9-14(16)11-17)12-5-4-6-15(10-12)18-2;1-2-3-7-12-9-6-10-13-8-4-5-11-14(12)13/h4-10H,3,11,17H2,1-2H3;4-6,8-11H,2-3,7H2,1H3. The van der Waals surface area contributed by atoms with Crippen molar-refractivity contribution in [3.8, 4) is 22.6 Å².